The average Bonchev–Trinajstić information content (AvgIpc) is 2.60. The van der Waals surface area contributed by atoms with Crippen LogP contribution in [0.15, 0.2) is 24.8 Å². The van der Waals surface area contributed by atoms with E-state index in [9.17, 15) is 14.7 Å². The lowest BCUT2D eigenvalue weighted by Crippen LogP contribution is -2.50. The van der Waals surface area contributed by atoms with Gasteiger partial charge in [0.1, 0.15) is 0 Å². The lowest BCUT2D eigenvalue weighted by Gasteiger charge is -2.34. The van der Waals surface area contributed by atoms with Crippen LogP contribution in [0.2, 0.25) is 10.0 Å². The molecular formula is C17H20Cl2N2O3. The highest BCUT2D eigenvalue weighted by molar-refractivity contribution is 6.35. The molecular weight excluding hydrogens is 351 g/mol. The molecule has 0 bridgehead atoms. The van der Waals surface area contributed by atoms with E-state index >= 15 is 0 Å². The van der Waals surface area contributed by atoms with Crippen molar-refractivity contribution < 1.29 is 14.7 Å². The summed E-state index contributed by atoms with van der Waals surface area (Å²) in [5, 5.41) is 10.2. The highest BCUT2D eigenvalue weighted by Gasteiger charge is 2.22. The van der Waals surface area contributed by atoms with E-state index in [2.05, 4.69) is 6.58 Å². The van der Waals surface area contributed by atoms with Gasteiger partial charge in [0.2, 0.25) is 11.8 Å². The molecule has 0 saturated carbocycles. The summed E-state index contributed by atoms with van der Waals surface area (Å²) in [7, 11) is 0. The first-order valence-corrected chi connectivity index (χ1v) is 8.48. The Kier molecular flexibility index (Phi) is 6.66. The third-order valence-electron chi connectivity index (χ3n) is 4.11. The molecule has 0 aliphatic carbocycles. The SMILES string of the molecule is C=CC(=O)N1CCN(C(=O)CCc2cc(CO)c(Cl)cc2Cl)CC1. The van der Waals surface area contributed by atoms with Crippen molar-refractivity contribution in [1.82, 2.24) is 9.80 Å². The number of benzene rings is 1. The van der Waals surface area contributed by atoms with Crippen LogP contribution in [0.3, 0.4) is 0 Å². The molecule has 1 aromatic rings. The van der Waals surface area contributed by atoms with Crippen LogP contribution in [-0.4, -0.2) is 52.9 Å². The summed E-state index contributed by atoms with van der Waals surface area (Å²) in [6, 6.07) is 3.33. The minimum Gasteiger partial charge on any atom is -0.392 e. The Morgan fingerprint density at radius 3 is 2.25 bits per heavy atom. The van der Waals surface area contributed by atoms with Crippen molar-refractivity contribution in [3.8, 4) is 0 Å². The molecule has 2 amide bonds. The minimum absolute atomic E-state index is 0.0252. The van der Waals surface area contributed by atoms with Crippen molar-refractivity contribution in [1.29, 1.82) is 0 Å². The van der Waals surface area contributed by atoms with E-state index in [0.717, 1.165) is 5.56 Å². The van der Waals surface area contributed by atoms with Crippen molar-refractivity contribution in [3.63, 3.8) is 0 Å². The smallest absolute Gasteiger partial charge is 0.246 e. The molecule has 0 unspecified atom stereocenters. The molecule has 1 aromatic carbocycles. The second-order valence-electron chi connectivity index (χ2n) is 5.60. The zero-order valence-corrected chi connectivity index (χ0v) is 14.8. The Bertz CT molecular complexity index is 641. The Morgan fingerprint density at radius 2 is 1.67 bits per heavy atom. The van der Waals surface area contributed by atoms with Crippen LogP contribution in [0.5, 0.6) is 0 Å². The maximum absolute atomic E-state index is 12.3. The highest BCUT2D eigenvalue weighted by Crippen LogP contribution is 2.26. The van der Waals surface area contributed by atoms with Crippen molar-refractivity contribution in [2.45, 2.75) is 19.4 Å². The Balaban J connectivity index is 1.90. The Hall–Kier alpha value is -1.56. The number of nitrogens with zero attached hydrogens (tertiary/aromatic N) is 2. The molecule has 24 heavy (non-hydrogen) atoms. The van der Waals surface area contributed by atoms with Gasteiger partial charge < -0.3 is 14.9 Å². The molecule has 1 N–H and O–H groups in total. The van der Waals surface area contributed by atoms with Crippen LogP contribution < -0.4 is 0 Å². The molecule has 5 nitrogen and oxygen atoms in total. The van der Waals surface area contributed by atoms with Crippen LogP contribution in [0, 0.1) is 0 Å². The molecule has 130 valence electrons. The van der Waals surface area contributed by atoms with Gasteiger partial charge in [-0.05, 0) is 29.7 Å². The Morgan fingerprint density at radius 1 is 1.08 bits per heavy atom. The number of rotatable bonds is 5. The standard InChI is InChI=1S/C17H20Cl2N2O3/c1-2-16(23)20-5-7-21(8-6-20)17(24)4-3-12-9-13(11-22)15(19)10-14(12)18/h2,9-10,22H,1,3-8,11H2. The molecule has 1 saturated heterocycles. The number of aryl methyl sites for hydroxylation is 1. The van der Waals surface area contributed by atoms with Crippen molar-refractivity contribution >= 4 is 35.0 Å². The van der Waals surface area contributed by atoms with Crippen molar-refractivity contribution in [2.24, 2.45) is 0 Å². The van der Waals surface area contributed by atoms with E-state index in [4.69, 9.17) is 23.2 Å². The number of carbonyl (C=O) groups excluding carboxylic acids is 2. The monoisotopic (exact) mass is 370 g/mol. The third kappa shape index (κ3) is 4.50. The van der Waals surface area contributed by atoms with Gasteiger partial charge in [0.25, 0.3) is 0 Å². The van der Waals surface area contributed by atoms with Gasteiger partial charge in [-0.1, -0.05) is 35.8 Å². The van der Waals surface area contributed by atoms with Gasteiger partial charge >= 0.3 is 0 Å². The number of hydrogen-bond acceptors (Lipinski definition) is 3. The summed E-state index contributed by atoms with van der Waals surface area (Å²) in [5.41, 5.74) is 1.39. The second-order valence-corrected chi connectivity index (χ2v) is 6.42. The lowest BCUT2D eigenvalue weighted by atomic mass is 10.1. The minimum atomic E-state index is -0.170. The molecule has 1 fully saturated rings. The van der Waals surface area contributed by atoms with Gasteiger partial charge in [-0.25, -0.2) is 0 Å². The molecule has 0 aromatic heterocycles. The van der Waals surface area contributed by atoms with E-state index < -0.39 is 0 Å². The highest BCUT2D eigenvalue weighted by atomic mass is 35.5. The number of halogens is 2. The van der Waals surface area contributed by atoms with Gasteiger partial charge in [-0.2, -0.15) is 0 Å². The average molecular weight is 371 g/mol. The number of hydrogen-bond donors (Lipinski definition) is 1. The van der Waals surface area contributed by atoms with Gasteiger partial charge in [-0.3, -0.25) is 9.59 Å². The molecule has 1 aliphatic rings. The quantitative estimate of drug-likeness (QED) is 0.808. The maximum atomic E-state index is 12.3. The van der Waals surface area contributed by atoms with Crippen molar-refractivity contribution in [2.75, 3.05) is 26.2 Å². The summed E-state index contributed by atoms with van der Waals surface area (Å²) in [4.78, 5) is 27.3. The zero-order valence-electron chi connectivity index (χ0n) is 13.3. The summed E-state index contributed by atoms with van der Waals surface area (Å²) in [5.74, 6) is -0.0798. The summed E-state index contributed by atoms with van der Waals surface area (Å²) < 4.78 is 0. The normalized spacial score (nSPS) is 14.6. The molecule has 0 atom stereocenters. The largest absolute Gasteiger partial charge is 0.392 e. The van der Waals surface area contributed by atoms with Gasteiger partial charge in [0, 0.05) is 42.6 Å². The van der Waals surface area contributed by atoms with Gasteiger partial charge in [0.15, 0.2) is 0 Å². The molecule has 1 aliphatic heterocycles. The molecule has 0 radical (unpaired) electrons. The summed E-state index contributed by atoms with van der Waals surface area (Å²) in [6.45, 7) is 5.39. The zero-order chi connectivity index (χ0) is 17.7. The van der Waals surface area contributed by atoms with Crippen LogP contribution in [0.1, 0.15) is 17.5 Å². The summed E-state index contributed by atoms with van der Waals surface area (Å²) in [6.07, 6.45) is 2.09. The fourth-order valence-corrected chi connectivity index (χ4v) is 3.20. The van der Waals surface area contributed by atoms with E-state index in [-0.39, 0.29) is 18.4 Å². The second kappa shape index (κ2) is 8.51. The maximum Gasteiger partial charge on any atom is 0.246 e. The number of carbonyl (C=O) groups is 2. The van der Waals surface area contributed by atoms with Gasteiger partial charge in [-0.15, -0.1) is 0 Å². The van der Waals surface area contributed by atoms with Gasteiger partial charge in [0.05, 0.1) is 6.61 Å². The van der Waals surface area contributed by atoms with E-state index in [1.807, 2.05) is 0 Å². The van der Waals surface area contributed by atoms with Crippen LogP contribution in [-0.2, 0) is 22.6 Å². The third-order valence-corrected chi connectivity index (χ3v) is 4.82. The number of aliphatic hydroxyl groups excluding tert-OH is 1. The van der Waals surface area contributed by atoms with E-state index in [1.54, 1.807) is 21.9 Å². The molecule has 7 heteroatoms. The van der Waals surface area contributed by atoms with E-state index in [1.165, 1.54) is 6.08 Å². The predicted octanol–water partition coefficient (Wildman–Crippen LogP) is 2.28. The number of piperazine rings is 1. The first kappa shape index (κ1) is 18.8. The first-order chi connectivity index (χ1) is 11.5. The molecule has 1 heterocycles. The first-order valence-electron chi connectivity index (χ1n) is 7.73. The number of amides is 2. The van der Waals surface area contributed by atoms with Crippen LogP contribution >= 0.6 is 23.2 Å². The predicted molar refractivity (Wildman–Crippen MR) is 94.1 cm³/mol. The number of aliphatic hydroxyl groups is 1. The molecule has 0 spiro atoms. The van der Waals surface area contributed by atoms with Crippen LogP contribution in [0.25, 0.3) is 0 Å². The fourth-order valence-electron chi connectivity index (χ4n) is 2.66. The summed E-state index contributed by atoms with van der Waals surface area (Å²) >= 11 is 12.1. The Labute approximate surface area is 151 Å². The lowest BCUT2D eigenvalue weighted by molar-refractivity contribution is -0.137. The fraction of sp³-hybridized carbons (Fsp3) is 0.412. The van der Waals surface area contributed by atoms with Crippen LogP contribution in [0.4, 0.5) is 0 Å². The van der Waals surface area contributed by atoms with Crippen molar-refractivity contribution in [3.05, 3.63) is 46.0 Å². The molecule has 2 rings (SSSR count). The topological polar surface area (TPSA) is 60.9 Å². The van der Waals surface area contributed by atoms with E-state index in [0.29, 0.717) is 54.6 Å².